The first-order valence-corrected chi connectivity index (χ1v) is 13.8. The van der Waals surface area contributed by atoms with Crippen LogP contribution in [0.15, 0.2) is 47.3 Å². The molecule has 0 radical (unpaired) electrons. The SMILES string of the molecule is Cc1cc2cc([C@@H](c3nnnn3C(C)(C)C)N3CCN(c4nc5ccccc5s4)CC3)c(=O)[nH]c2cc1C. The number of aromatic amines is 1. The predicted octanol–water partition coefficient (Wildman–Crippen LogP) is 4.41. The highest BCUT2D eigenvalue weighted by atomic mass is 32.1. The third-order valence-corrected chi connectivity index (χ3v) is 8.49. The van der Waals surface area contributed by atoms with Crippen LogP contribution in [0.3, 0.4) is 0 Å². The van der Waals surface area contributed by atoms with Crippen molar-refractivity contribution in [2.45, 2.75) is 46.2 Å². The molecule has 6 rings (SSSR count). The number of rotatable bonds is 4. The van der Waals surface area contributed by atoms with Crippen molar-refractivity contribution in [3.63, 3.8) is 0 Å². The number of anilines is 1. The summed E-state index contributed by atoms with van der Waals surface area (Å²) in [6.45, 7) is 13.5. The van der Waals surface area contributed by atoms with Crippen LogP contribution >= 0.6 is 11.3 Å². The largest absolute Gasteiger partial charge is 0.345 e. The van der Waals surface area contributed by atoms with Crippen LogP contribution in [0.2, 0.25) is 0 Å². The number of piperazine rings is 1. The van der Waals surface area contributed by atoms with Crippen molar-refractivity contribution < 1.29 is 0 Å². The van der Waals surface area contributed by atoms with Gasteiger partial charge in [0.2, 0.25) is 0 Å². The smallest absolute Gasteiger partial charge is 0.253 e. The molecule has 0 amide bonds. The van der Waals surface area contributed by atoms with E-state index in [4.69, 9.17) is 4.98 Å². The van der Waals surface area contributed by atoms with E-state index in [1.807, 2.05) is 22.9 Å². The van der Waals surface area contributed by atoms with E-state index in [9.17, 15) is 4.79 Å². The van der Waals surface area contributed by atoms with Gasteiger partial charge >= 0.3 is 0 Å². The first-order valence-electron chi connectivity index (χ1n) is 13.0. The Balaban J connectivity index is 1.39. The van der Waals surface area contributed by atoms with Crippen LogP contribution in [0, 0.1) is 13.8 Å². The molecule has 38 heavy (non-hydrogen) atoms. The van der Waals surface area contributed by atoms with Gasteiger partial charge in [-0.05, 0) is 91.9 Å². The fraction of sp³-hybridized carbons (Fsp3) is 0.393. The van der Waals surface area contributed by atoms with Crippen LogP contribution in [0.1, 0.15) is 49.3 Å². The van der Waals surface area contributed by atoms with E-state index in [1.165, 1.54) is 10.3 Å². The van der Waals surface area contributed by atoms with Gasteiger partial charge in [0.15, 0.2) is 11.0 Å². The molecule has 0 bridgehead atoms. The van der Waals surface area contributed by atoms with Crippen LogP contribution in [0.5, 0.6) is 0 Å². The molecule has 0 aliphatic carbocycles. The van der Waals surface area contributed by atoms with Crippen molar-refractivity contribution in [1.82, 2.24) is 35.1 Å². The van der Waals surface area contributed by atoms with Gasteiger partial charge in [-0.1, -0.05) is 23.5 Å². The molecule has 5 aromatic rings. The number of fused-ring (bicyclic) bond motifs is 2. The Kier molecular flexibility index (Phi) is 6.03. The highest BCUT2D eigenvalue weighted by Crippen LogP contribution is 2.33. The molecule has 1 fully saturated rings. The minimum absolute atomic E-state index is 0.109. The Bertz CT molecular complexity index is 1650. The fourth-order valence-electron chi connectivity index (χ4n) is 5.20. The van der Waals surface area contributed by atoms with Gasteiger partial charge in [0.25, 0.3) is 5.56 Å². The molecular formula is C28H32N8OS. The van der Waals surface area contributed by atoms with Gasteiger partial charge in [0.05, 0.1) is 15.8 Å². The lowest BCUT2D eigenvalue weighted by Gasteiger charge is -2.39. The third-order valence-electron chi connectivity index (χ3n) is 7.39. The predicted molar refractivity (Wildman–Crippen MR) is 152 cm³/mol. The minimum Gasteiger partial charge on any atom is -0.345 e. The number of tetrazole rings is 1. The zero-order valence-corrected chi connectivity index (χ0v) is 23.2. The number of benzene rings is 2. The second kappa shape index (κ2) is 9.28. The number of pyridine rings is 1. The molecule has 4 heterocycles. The summed E-state index contributed by atoms with van der Waals surface area (Å²) in [7, 11) is 0. The van der Waals surface area contributed by atoms with Crippen LogP contribution < -0.4 is 10.5 Å². The molecule has 0 saturated carbocycles. The van der Waals surface area contributed by atoms with E-state index in [-0.39, 0.29) is 17.1 Å². The molecule has 1 atom stereocenters. The van der Waals surface area contributed by atoms with Gasteiger partial charge in [0, 0.05) is 37.3 Å². The Morgan fingerprint density at radius 1 is 1.00 bits per heavy atom. The summed E-state index contributed by atoms with van der Waals surface area (Å²) < 4.78 is 3.04. The lowest BCUT2D eigenvalue weighted by atomic mass is 9.99. The van der Waals surface area contributed by atoms with Crippen molar-refractivity contribution in [3.8, 4) is 0 Å². The monoisotopic (exact) mass is 528 g/mol. The summed E-state index contributed by atoms with van der Waals surface area (Å²) in [6.07, 6.45) is 0. The first kappa shape index (κ1) is 24.7. The number of para-hydroxylation sites is 1. The van der Waals surface area contributed by atoms with Crippen molar-refractivity contribution in [2.24, 2.45) is 0 Å². The average Bonchev–Trinajstić information content (AvgIpc) is 3.54. The van der Waals surface area contributed by atoms with Gasteiger partial charge in [-0.2, -0.15) is 0 Å². The van der Waals surface area contributed by atoms with Crippen LogP contribution in [0.25, 0.3) is 21.1 Å². The zero-order valence-electron chi connectivity index (χ0n) is 22.4. The number of nitrogens with zero attached hydrogens (tertiary/aromatic N) is 7. The van der Waals surface area contributed by atoms with E-state index in [0.29, 0.717) is 11.4 Å². The van der Waals surface area contributed by atoms with Crippen molar-refractivity contribution in [3.05, 3.63) is 75.3 Å². The quantitative estimate of drug-likeness (QED) is 0.369. The van der Waals surface area contributed by atoms with Gasteiger partial charge in [0.1, 0.15) is 6.04 Å². The molecule has 1 N–H and O–H groups in total. The second-order valence-electron chi connectivity index (χ2n) is 11.1. The van der Waals surface area contributed by atoms with Crippen molar-refractivity contribution >= 4 is 37.6 Å². The summed E-state index contributed by atoms with van der Waals surface area (Å²) in [4.78, 5) is 26.2. The number of hydrogen-bond donors (Lipinski definition) is 1. The van der Waals surface area contributed by atoms with Gasteiger partial charge < -0.3 is 9.88 Å². The Labute approximate surface area is 225 Å². The van der Waals surface area contributed by atoms with E-state index < -0.39 is 0 Å². The van der Waals surface area contributed by atoms with Gasteiger partial charge in [-0.15, -0.1) is 5.10 Å². The lowest BCUT2D eigenvalue weighted by Crippen LogP contribution is -2.49. The molecule has 1 saturated heterocycles. The molecule has 2 aromatic carbocycles. The van der Waals surface area contributed by atoms with E-state index >= 15 is 0 Å². The summed E-state index contributed by atoms with van der Waals surface area (Å²) in [5, 5.41) is 14.9. The summed E-state index contributed by atoms with van der Waals surface area (Å²) in [5.74, 6) is 0.680. The molecule has 1 aliphatic heterocycles. The second-order valence-corrected chi connectivity index (χ2v) is 12.1. The molecule has 196 valence electrons. The Morgan fingerprint density at radius 2 is 1.74 bits per heavy atom. The summed E-state index contributed by atoms with van der Waals surface area (Å²) in [6, 6.07) is 14.1. The lowest BCUT2D eigenvalue weighted by molar-refractivity contribution is 0.190. The maximum absolute atomic E-state index is 13.6. The molecular weight excluding hydrogens is 496 g/mol. The molecule has 9 nitrogen and oxygen atoms in total. The van der Waals surface area contributed by atoms with Crippen LogP contribution in [0.4, 0.5) is 5.13 Å². The Hall–Kier alpha value is -3.63. The standard InChI is InChI=1S/C28H32N8OS/c1-17-14-19-16-20(26(37)29-22(19)15-18(17)2)24(25-31-32-33-36(25)28(3,4)5)34-10-12-35(13-11-34)27-30-21-8-6-7-9-23(21)38-27/h6-9,14-16,24H,10-13H2,1-5H3,(H,29,37)/t24-/m0/s1. The van der Waals surface area contributed by atoms with Crippen LogP contribution in [-0.2, 0) is 5.54 Å². The van der Waals surface area contributed by atoms with Crippen molar-refractivity contribution in [1.29, 1.82) is 0 Å². The molecule has 1 aliphatic rings. The van der Waals surface area contributed by atoms with Gasteiger partial charge in [-0.3, -0.25) is 9.69 Å². The number of aromatic nitrogens is 6. The summed E-state index contributed by atoms with van der Waals surface area (Å²) in [5.41, 5.74) is 4.44. The molecule has 0 unspecified atom stereocenters. The number of hydrogen-bond acceptors (Lipinski definition) is 8. The number of thiazole rings is 1. The van der Waals surface area contributed by atoms with Crippen LogP contribution in [-0.4, -0.2) is 61.3 Å². The zero-order chi connectivity index (χ0) is 26.6. The maximum Gasteiger partial charge on any atom is 0.253 e. The number of H-pyrrole nitrogens is 1. The number of aryl methyl sites for hydroxylation is 2. The molecule has 3 aromatic heterocycles. The maximum atomic E-state index is 13.6. The normalized spacial score (nSPS) is 16.0. The van der Waals surface area contributed by atoms with Gasteiger partial charge in [-0.25, -0.2) is 9.67 Å². The highest BCUT2D eigenvalue weighted by molar-refractivity contribution is 7.22. The molecule has 10 heteroatoms. The van der Waals surface area contributed by atoms with Crippen molar-refractivity contribution in [2.75, 3.05) is 31.1 Å². The average molecular weight is 529 g/mol. The fourth-order valence-corrected chi connectivity index (χ4v) is 6.22. The van der Waals surface area contributed by atoms with E-state index in [1.54, 1.807) is 11.3 Å². The minimum atomic E-state index is -0.378. The first-order chi connectivity index (χ1) is 18.2. The summed E-state index contributed by atoms with van der Waals surface area (Å²) >= 11 is 1.72. The van der Waals surface area contributed by atoms with E-state index in [0.717, 1.165) is 53.3 Å². The highest BCUT2D eigenvalue weighted by Gasteiger charge is 2.35. The van der Waals surface area contributed by atoms with E-state index in [2.05, 4.69) is 89.2 Å². The Morgan fingerprint density at radius 3 is 2.47 bits per heavy atom. The number of nitrogens with one attached hydrogen (secondary N) is 1. The third kappa shape index (κ3) is 4.37. The topological polar surface area (TPSA) is 95.8 Å². The molecule has 0 spiro atoms.